The first-order valence-electron chi connectivity index (χ1n) is 11.7. The zero-order valence-electron chi connectivity index (χ0n) is 19.4. The molecule has 8 heteroatoms. The zero-order valence-corrected chi connectivity index (χ0v) is 19.4. The average Bonchev–Trinajstić information content (AvgIpc) is 3.17. The van der Waals surface area contributed by atoms with E-state index in [0.717, 1.165) is 43.2 Å². The number of aromatic amines is 1. The number of likely N-dealkylation sites (tertiary alicyclic amines) is 1. The number of carbonyl (C=O) groups is 2. The molecule has 4 N–H and O–H groups in total. The molecule has 0 unspecified atom stereocenters. The monoisotopic (exact) mass is 461 g/mol. The number of phenols is 1. The Bertz CT molecular complexity index is 1190. The lowest BCUT2D eigenvalue weighted by molar-refractivity contribution is -0.123. The summed E-state index contributed by atoms with van der Waals surface area (Å²) in [6.45, 7) is 6.61. The van der Waals surface area contributed by atoms with Crippen molar-refractivity contribution in [3.05, 3.63) is 54.2 Å². The van der Waals surface area contributed by atoms with Crippen LogP contribution in [0.25, 0.3) is 22.3 Å². The van der Waals surface area contributed by atoms with E-state index in [0.29, 0.717) is 30.0 Å². The largest absolute Gasteiger partial charge is 0.507 e. The summed E-state index contributed by atoms with van der Waals surface area (Å²) < 4.78 is 0. The van der Waals surface area contributed by atoms with Crippen molar-refractivity contribution in [3.63, 3.8) is 0 Å². The second-order valence-corrected chi connectivity index (χ2v) is 9.08. The van der Waals surface area contributed by atoms with E-state index < -0.39 is 0 Å². The number of allylic oxidation sites excluding steroid dienone is 1. The van der Waals surface area contributed by atoms with E-state index in [9.17, 15) is 14.7 Å². The Hall–Kier alpha value is -3.68. The molecule has 1 saturated carbocycles. The quantitative estimate of drug-likeness (QED) is 0.393. The lowest BCUT2D eigenvalue weighted by Crippen LogP contribution is -2.44. The van der Waals surface area contributed by atoms with Crippen LogP contribution in [-0.2, 0) is 9.59 Å². The Morgan fingerprint density at radius 3 is 2.47 bits per heavy atom. The average molecular weight is 462 g/mol. The van der Waals surface area contributed by atoms with Crippen molar-refractivity contribution in [1.29, 1.82) is 0 Å². The predicted molar refractivity (Wildman–Crippen MR) is 131 cm³/mol. The minimum absolute atomic E-state index is 0.0595. The minimum atomic E-state index is -0.217. The van der Waals surface area contributed by atoms with Crippen LogP contribution in [0.3, 0.4) is 0 Å². The first-order valence-corrected chi connectivity index (χ1v) is 11.7. The van der Waals surface area contributed by atoms with Gasteiger partial charge in [0.15, 0.2) is 5.65 Å². The maximum atomic E-state index is 11.6. The maximum Gasteiger partial charge on any atom is 0.220 e. The van der Waals surface area contributed by atoms with Crippen LogP contribution < -0.4 is 5.73 Å². The molecular weight excluding hydrogens is 430 g/mol. The van der Waals surface area contributed by atoms with Gasteiger partial charge in [-0.05, 0) is 62.3 Å². The molecule has 2 aliphatic rings. The molecule has 0 atom stereocenters. The number of aromatic nitrogens is 3. The summed E-state index contributed by atoms with van der Waals surface area (Å²) in [7, 11) is 0. The molecule has 3 heterocycles. The van der Waals surface area contributed by atoms with Crippen LogP contribution in [0, 0.1) is 5.92 Å². The van der Waals surface area contributed by atoms with Gasteiger partial charge in [-0.1, -0.05) is 18.2 Å². The van der Waals surface area contributed by atoms with Crippen LogP contribution in [0.4, 0.5) is 0 Å². The number of nitrogens with two attached hydrogens (primary N) is 1. The Labute approximate surface area is 198 Å². The highest BCUT2D eigenvalue weighted by atomic mass is 16.3. The number of nitrogens with one attached hydrogen (secondary N) is 1. The number of H-pyrrole nitrogens is 1. The number of primary amides is 1. The second-order valence-electron chi connectivity index (χ2n) is 9.08. The van der Waals surface area contributed by atoms with E-state index in [1.807, 2.05) is 25.1 Å². The second kappa shape index (κ2) is 10.1. The third-order valence-corrected chi connectivity index (χ3v) is 6.81. The zero-order chi connectivity index (χ0) is 24.2. The number of benzene rings is 1. The minimum Gasteiger partial charge on any atom is -0.507 e. The first kappa shape index (κ1) is 23.5. The highest BCUT2D eigenvalue weighted by Gasteiger charge is 2.35. The first-order chi connectivity index (χ1) is 16.5. The topological polar surface area (TPSA) is 125 Å². The van der Waals surface area contributed by atoms with Gasteiger partial charge in [0.1, 0.15) is 5.75 Å². The van der Waals surface area contributed by atoms with E-state index in [-0.39, 0.29) is 29.4 Å². The lowest BCUT2D eigenvalue weighted by atomic mass is 9.76. The Morgan fingerprint density at radius 2 is 1.85 bits per heavy atom. The van der Waals surface area contributed by atoms with E-state index in [2.05, 4.69) is 21.8 Å². The van der Waals surface area contributed by atoms with Crippen LogP contribution in [0.5, 0.6) is 5.75 Å². The van der Waals surface area contributed by atoms with E-state index >= 15 is 0 Å². The van der Waals surface area contributed by atoms with Crippen LogP contribution in [0.2, 0.25) is 0 Å². The number of hydrogen-bond acceptors (Lipinski definition) is 5. The molecular formula is C26H31N5O3. The molecule has 8 nitrogen and oxygen atoms in total. The van der Waals surface area contributed by atoms with Gasteiger partial charge in [0.25, 0.3) is 0 Å². The summed E-state index contributed by atoms with van der Waals surface area (Å²) in [4.78, 5) is 27.9. The molecule has 5 rings (SSSR count). The molecule has 0 radical (unpaired) electrons. The SMILES string of the molecule is C=CC.NC(=O)C1CCC(c2c(C3CN(C=O)C3)[nH]c3nnc(-c4ccccc4O)cc23)CC1. The summed E-state index contributed by atoms with van der Waals surface area (Å²) in [5.41, 5.74) is 9.82. The number of carbonyl (C=O) groups excluding carboxylic acids is 2. The number of nitrogens with zero attached hydrogens (tertiary/aromatic N) is 3. The van der Waals surface area contributed by atoms with Gasteiger partial charge in [0, 0.05) is 41.6 Å². The Morgan fingerprint density at radius 1 is 1.18 bits per heavy atom. The fourth-order valence-electron chi connectivity index (χ4n) is 5.06. The van der Waals surface area contributed by atoms with Crippen molar-refractivity contribution in [1.82, 2.24) is 20.1 Å². The fraction of sp³-hybridized carbons (Fsp3) is 0.385. The molecule has 1 aliphatic heterocycles. The van der Waals surface area contributed by atoms with Crippen LogP contribution in [0.15, 0.2) is 43.0 Å². The van der Waals surface area contributed by atoms with Gasteiger partial charge >= 0.3 is 0 Å². The third kappa shape index (κ3) is 4.53. The Balaban J connectivity index is 0.000000868. The summed E-state index contributed by atoms with van der Waals surface area (Å²) in [6, 6.07) is 9.08. The van der Waals surface area contributed by atoms with Crippen molar-refractivity contribution < 1.29 is 14.7 Å². The van der Waals surface area contributed by atoms with Gasteiger partial charge in [-0.15, -0.1) is 16.8 Å². The lowest BCUT2D eigenvalue weighted by Gasteiger charge is -2.37. The standard InChI is InChI=1S/C23H25N5O3.C3H6/c24-22(31)14-7-5-13(6-8-14)20-17-9-18(16-3-1-2-4-19(16)30)26-27-23(17)25-21(20)15-10-28(11-15)12-29;1-3-2/h1-4,9,12-15,30H,5-8,10-11H2,(H2,24,31)(H,25,27);3H,1H2,2H3. The number of fused-ring (bicyclic) bond motifs is 1. The van der Waals surface area contributed by atoms with E-state index in [1.54, 1.807) is 23.1 Å². The van der Waals surface area contributed by atoms with Crippen LogP contribution >= 0.6 is 0 Å². The molecule has 178 valence electrons. The highest BCUT2D eigenvalue weighted by Crippen LogP contribution is 2.44. The maximum absolute atomic E-state index is 11.6. The third-order valence-electron chi connectivity index (χ3n) is 6.81. The van der Waals surface area contributed by atoms with E-state index in [4.69, 9.17) is 5.73 Å². The number of phenolic OH excluding ortho intramolecular Hbond substituents is 1. The molecule has 34 heavy (non-hydrogen) atoms. The van der Waals surface area contributed by atoms with Gasteiger partial charge in [0.05, 0.1) is 5.69 Å². The molecule has 2 fully saturated rings. The van der Waals surface area contributed by atoms with Crippen molar-refractivity contribution >= 4 is 23.4 Å². The van der Waals surface area contributed by atoms with Gasteiger partial charge in [-0.25, -0.2) is 0 Å². The van der Waals surface area contributed by atoms with Gasteiger partial charge in [-0.3, -0.25) is 9.59 Å². The van der Waals surface area contributed by atoms with Gasteiger partial charge in [-0.2, -0.15) is 0 Å². The summed E-state index contributed by atoms with van der Waals surface area (Å²) in [5, 5.41) is 20.0. The molecule has 0 bridgehead atoms. The number of hydrogen-bond donors (Lipinski definition) is 3. The summed E-state index contributed by atoms with van der Waals surface area (Å²) >= 11 is 0. The summed E-state index contributed by atoms with van der Waals surface area (Å²) in [5.74, 6) is 0.403. The normalized spacial score (nSPS) is 20.2. The number of aromatic hydroxyl groups is 1. The van der Waals surface area contributed by atoms with Crippen LogP contribution in [-0.4, -0.2) is 50.6 Å². The summed E-state index contributed by atoms with van der Waals surface area (Å²) in [6.07, 6.45) is 5.95. The van der Waals surface area contributed by atoms with Crippen molar-refractivity contribution in [2.75, 3.05) is 13.1 Å². The van der Waals surface area contributed by atoms with Gasteiger partial charge in [0.2, 0.25) is 12.3 Å². The molecule has 1 aliphatic carbocycles. The molecule has 1 aromatic carbocycles. The molecule has 2 aromatic heterocycles. The Kier molecular flexibility index (Phi) is 6.95. The molecule has 1 saturated heterocycles. The molecule has 2 amide bonds. The number of para-hydroxylation sites is 1. The van der Waals surface area contributed by atoms with Crippen molar-refractivity contribution in [2.45, 2.75) is 44.4 Å². The predicted octanol–water partition coefficient (Wildman–Crippen LogP) is 3.84. The fourth-order valence-corrected chi connectivity index (χ4v) is 5.06. The van der Waals surface area contributed by atoms with Gasteiger partial charge < -0.3 is 20.7 Å². The number of rotatable bonds is 5. The van der Waals surface area contributed by atoms with Crippen molar-refractivity contribution in [3.8, 4) is 17.0 Å². The number of amides is 2. The van der Waals surface area contributed by atoms with Crippen LogP contribution in [0.1, 0.15) is 55.7 Å². The smallest absolute Gasteiger partial charge is 0.220 e. The van der Waals surface area contributed by atoms with Crippen molar-refractivity contribution in [2.24, 2.45) is 11.7 Å². The highest BCUT2D eigenvalue weighted by molar-refractivity contribution is 5.86. The molecule has 3 aromatic rings. The van der Waals surface area contributed by atoms with E-state index in [1.165, 1.54) is 5.56 Å². The molecule has 0 spiro atoms.